The molecule has 3 heteroatoms. The molecule has 0 aliphatic rings. The minimum absolute atomic E-state index is 0.0958. The minimum atomic E-state index is 0.0958. The molecule has 0 saturated carbocycles. The molecule has 0 fully saturated rings. The maximum atomic E-state index is 10.6. The smallest absolute Gasteiger partial charge is 0.170 e. The number of hydrogen-bond acceptors (Lipinski definition) is 3. The zero-order chi connectivity index (χ0) is 14.0. The summed E-state index contributed by atoms with van der Waals surface area (Å²) in [4.78, 5) is 10.6. The molecule has 2 rings (SSSR count). The Bertz CT molecular complexity index is 595. The van der Waals surface area contributed by atoms with Crippen LogP contribution in [-0.2, 0) is 5.41 Å². The van der Waals surface area contributed by atoms with Gasteiger partial charge in [0.05, 0.1) is 5.69 Å². The number of nitrogens with zero attached hydrogens (tertiary/aromatic N) is 2. The summed E-state index contributed by atoms with van der Waals surface area (Å²) in [5.41, 5.74) is 4.73. The van der Waals surface area contributed by atoms with Crippen molar-refractivity contribution < 1.29 is 4.79 Å². The average molecular weight is 254 g/mol. The summed E-state index contributed by atoms with van der Waals surface area (Å²) in [6.45, 7) is 8.60. The Morgan fingerprint density at radius 2 is 1.79 bits per heavy atom. The Hall–Kier alpha value is -2.03. The lowest BCUT2D eigenvalue weighted by atomic mass is 9.85. The topological polar surface area (TPSA) is 42.9 Å². The van der Waals surface area contributed by atoms with Crippen LogP contribution in [0.2, 0.25) is 0 Å². The molecule has 0 bridgehead atoms. The molecular formula is C16H18N2O. The molecule has 0 amide bonds. The van der Waals surface area contributed by atoms with Crippen molar-refractivity contribution in [2.45, 2.75) is 33.1 Å². The predicted molar refractivity (Wildman–Crippen MR) is 76.3 cm³/mol. The fraction of sp³-hybridized carbons (Fsp3) is 0.312. The van der Waals surface area contributed by atoms with E-state index in [-0.39, 0.29) is 5.41 Å². The summed E-state index contributed by atoms with van der Waals surface area (Å²) in [5.74, 6) is 0. The van der Waals surface area contributed by atoms with Crippen LogP contribution < -0.4 is 0 Å². The molecule has 19 heavy (non-hydrogen) atoms. The van der Waals surface area contributed by atoms with E-state index < -0.39 is 0 Å². The Morgan fingerprint density at radius 1 is 1.05 bits per heavy atom. The fourth-order valence-electron chi connectivity index (χ4n) is 1.91. The molecule has 0 unspecified atom stereocenters. The second-order valence-corrected chi connectivity index (χ2v) is 5.74. The largest absolute Gasteiger partial charge is 0.296 e. The number of hydrogen-bond donors (Lipinski definition) is 0. The summed E-state index contributed by atoms with van der Waals surface area (Å²) >= 11 is 0. The van der Waals surface area contributed by atoms with Crippen LogP contribution in [0.5, 0.6) is 0 Å². The number of benzene rings is 1. The van der Waals surface area contributed by atoms with Crippen LogP contribution in [-0.4, -0.2) is 16.5 Å². The summed E-state index contributed by atoms with van der Waals surface area (Å²) in [6.07, 6.45) is 0.704. The van der Waals surface area contributed by atoms with Gasteiger partial charge in [-0.15, -0.1) is 10.2 Å². The summed E-state index contributed by atoms with van der Waals surface area (Å²) in [7, 11) is 0. The first-order valence-corrected chi connectivity index (χ1v) is 6.32. The molecule has 1 heterocycles. The monoisotopic (exact) mass is 254 g/mol. The molecule has 2 aromatic rings. The van der Waals surface area contributed by atoms with Gasteiger partial charge in [0.25, 0.3) is 0 Å². The Kier molecular flexibility index (Phi) is 3.47. The molecule has 98 valence electrons. The number of carbonyl (C=O) groups is 1. The van der Waals surface area contributed by atoms with E-state index in [1.807, 2.05) is 6.07 Å². The number of aryl methyl sites for hydroxylation is 1. The van der Waals surface area contributed by atoms with Crippen LogP contribution in [0.3, 0.4) is 0 Å². The van der Waals surface area contributed by atoms with Gasteiger partial charge in [0.1, 0.15) is 5.69 Å². The van der Waals surface area contributed by atoms with Crippen LogP contribution in [0.15, 0.2) is 30.3 Å². The van der Waals surface area contributed by atoms with Gasteiger partial charge >= 0.3 is 0 Å². The van der Waals surface area contributed by atoms with E-state index >= 15 is 0 Å². The van der Waals surface area contributed by atoms with E-state index in [4.69, 9.17) is 0 Å². The average Bonchev–Trinajstić information content (AvgIpc) is 2.38. The number of aldehydes is 1. The van der Waals surface area contributed by atoms with E-state index in [9.17, 15) is 4.79 Å². The van der Waals surface area contributed by atoms with Crippen molar-refractivity contribution in [3.63, 3.8) is 0 Å². The third-order valence-electron chi connectivity index (χ3n) is 3.19. The van der Waals surface area contributed by atoms with Crippen molar-refractivity contribution >= 4 is 6.29 Å². The lowest BCUT2D eigenvalue weighted by molar-refractivity contribution is 0.111. The highest BCUT2D eigenvalue weighted by Crippen LogP contribution is 2.28. The molecule has 0 aliphatic heterocycles. The lowest BCUT2D eigenvalue weighted by Gasteiger charge is -2.20. The Balaban J connectivity index is 2.51. The van der Waals surface area contributed by atoms with Crippen LogP contribution in [0.1, 0.15) is 42.4 Å². The molecule has 0 spiro atoms. The van der Waals surface area contributed by atoms with Gasteiger partial charge in [-0.1, -0.05) is 32.9 Å². The third kappa shape index (κ3) is 2.87. The van der Waals surface area contributed by atoms with Gasteiger partial charge in [-0.25, -0.2) is 0 Å². The molecule has 1 aromatic carbocycles. The van der Waals surface area contributed by atoms with E-state index in [2.05, 4.69) is 56.1 Å². The first kappa shape index (κ1) is 13.4. The van der Waals surface area contributed by atoms with Gasteiger partial charge in [-0.2, -0.15) is 0 Å². The van der Waals surface area contributed by atoms with Gasteiger partial charge in [0.2, 0.25) is 0 Å². The van der Waals surface area contributed by atoms with Crippen molar-refractivity contribution in [2.75, 3.05) is 0 Å². The second-order valence-electron chi connectivity index (χ2n) is 5.74. The molecule has 0 radical (unpaired) electrons. The highest BCUT2D eigenvalue weighted by atomic mass is 16.1. The quantitative estimate of drug-likeness (QED) is 0.769. The van der Waals surface area contributed by atoms with Gasteiger partial charge < -0.3 is 0 Å². The molecule has 1 aromatic heterocycles. The zero-order valence-electron chi connectivity index (χ0n) is 11.8. The summed E-state index contributed by atoms with van der Waals surface area (Å²) in [6, 6.07) is 9.93. The first-order valence-electron chi connectivity index (χ1n) is 6.32. The maximum absolute atomic E-state index is 10.6. The molecular weight excluding hydrogens is 236 g/mol. The van der Waals surface area contributed by atoms with E-state index in [1.54, 1.807) is 6.07 Å². The van der Waals surface area contributed by atoms with Gasteiger partial charge in [-0.05, 0) is 41.7 Å². The van der Waals surface area contributed by atoms with Gasteiger partial charge in [0.15, 0.2) is 6.29 Å². The molecule has 0 N–H and O–H groups in total. The first-order chi connectivity index (χ1) is 8.91. The Morgan fingerprint density at radius 3 is 2.32 bits per heavy atom. The van der Waals surface area contributed by atoms with Crippen LogP contribution >= 0.6 is 0 Å². The van der Waals surface area contributed by atoms with Gasteiger partial charge in [-0.3, -0.25) is 4.79 Å². The Labute approximate surface area is 113 Å². The van der Waals surface area contributed by atoms with Crippen LogP contribution in [0, 0.1) is 6.92 Å². The number of carbonyl (C=O) groups excluding carboxylic acids is 1. The predicted octanol–water partition coefficient (Wildman–Crippen LogP) is 3.56. The highest BCUT2D eigenvalue weighted by Gasteiger charge is 2.15. The maximum Gasteiger partial charge on any atom is 0.170 e. The lowest BCUT2D eigenvalue weighted by Crippen LogP contribution is -2.11. The summed E-state index contributed by atoms with van der Waals surface area (Å²) < 4.78 is 0. The molecule has 0 atom stereocenters. The summed E-state index contributed by atoms with van der Waals surface area (Å²) in [5, 5.41) is 8.01. The van der Waals surface area contributed by atoms with Gasteiger partial charge in [0, 0.05) is 5.56 Å². The van der Waals surface area contributed by atoms with E-state index in [1.165, 1.54) is 5.56 Å². The second kappa shape index (κ2) is 4.92. The molecule has 0 aliphatic carbocycles. The number of rotatable bonds is 2. The normalized spacial score (nSPS) is 11.4. The molecule has 3 nitrogen and oxygen atoms in total. The van der Waals surface area contributed by atoms with Crippen molar-refractivity contribution in [2.24, 2.45) is 0 Å². The number of aromatic nitrogens is 2. The van der Waals surface area contributed by atoms with Crippen molar-refractivity contribution in [3.05, 3.63) is 47.2 Å². The van der Waals surface area contributed by atoms with Crippen molar-refractivity contribution in [3.8, 4) is 11.3 Å². The van der Waals surface area contributed by atoms with Crippen molar-refractivity contribution in [1.29, 1.82) is 0 Å². The van der Waals surface area contributed by atoms with E-state index in [0.717, 1.165) is 16.8 Å². The zero-order valence-corrected chi connectivity index (χ0v) is 11.8. The third-order valence-corrected chi connectivity index (χ3v) is 3.19. The van der Waals surface area contributed by atoms with Crippen LogP contribution in [0.25, 0.3) is 11.3 Å². The standard InChI is InChI=1S/C16H18N2O/c1-11-5-6-12(16(2,3)4)9-14(11)15-8-7-13(10-19)17-18-15/h5-10H,1-4H3. The van der Waals surface area contributed by atoms with E-state index in [0.29, 0.717) is 12.0 Å². The van der Waals surface area contributed by atoms with Crippen LogP contribution in [0.4, 0.5) is 0 Å². The fourth-order valence-corrected chi connectivity index (χ4v) is 1.91. The van der Waals surface area contributed by atoms with Crippen molar-refractivity contribution in [1.82, 2.24) is 10.2 Å². The minimum Gasteiger partial charge on any atom is -0.296 e. The SMILES string of the molecule is Cc1ccc(C(C)(C)C)cc1-c1ccc(C=O)nn1. The highest BCUT2D eigenvalue weighted by molar-refractivity contribution is 5.72. The molecule has 0 saturated heterocycles.